The molecule has 152 valence electrons. The largest absolute Gasteiger partial charge is 0.348 e. The average Bonchev–Trinajstić information content (AvgIpc) is 2.61. The van der Waals surface area contributed by atoms with Crippen LogP contribution in [0.25, 0.3) is 0 Å². The normalized spacial score (nSPS) is 13.6. The SMILES string of the molecule is CC[C@H](C(=O)N[C@@H](C)c1cc(C)ccc1C)N(c1ccc(Cl)cc1)S(C)(=O)=O. The van der Waals surface area contributed by atoms with Gasteiger partial charge in [-0.25, -0.2) is 8.42 Å². The Labute approximate surface area is 172 Å². The minimum atomic E-state index is -3.67. The summed E-state index contributed by atoms with van der Waals surface area (Å²) >= 11 is 5.92. The van der Waals surface area contributed by atoms with E-state index in [9.17, 15) is 13.2 Å². The molecule has 28 heavy (non-hydrogen) atoms. The Balaban J connectivity index is 2.33. The smallest absolute Gasteiger partial charge is 0.244 e. The predicted molar refractivity (Wildman–Crippen MR) is 115 cm³/mol. The fourth-order valence-electron chi connectivity index (χ4n) is 3.26. The highest BCUT2D eigenvalue weighted by Crippen LogP contribution is 2.25. The molecule has 0 fully saturated rings. The third-order valence-electron chi connectivity index (χ3n) is 4.67. The van der Waals surface area contributed by atoms with Gasteiger partial charge in [0, 0.05) is 5.02 Å². The van der Waals surface area contributed by atoms with E-state index in [2.05, 4.69) is 5.32 Å². The minimum Gasteiger partial charge on any atom is -0.348 e. The zero-order chi connectivity index (χ0) is 21.1. The molecule has 1 N–H and O–H groups in total. The molecule has 0 aromatic heterocycles. The van der Waals surface area contributed by atoms with Crippen molar-refractivity contribution in [2.45, 2.75) is 46.2 Å². The number of aryl methyl sites for hydroxylation is 2. The van der Waals surface area contributed by atoms with E-state index >= 15 is 0 Å². The first-order valence-electron chi connectivity index (χ1n) is 9.17. The van der Waals surface area contributed by atoms with Crippen molar-refractivity contribution >= 4 is 33.2 Å². The summed E-state index contributed by atoms with van der Waals surface area (Å²) in [5, 5.41) is 3.48. The molecule has 5 nitrogen and oxygen atoms in total. The van der Waals surface area contributed by atoms with Crippen molar-refractivity contribution in [1.82, 2.24) is 5.32 Å². The van der Waals surface area contributed by atoms with Gasteiger partial charge >= 0.3 is 0 Å². The van der Waals surface area contributed by atoms with Crippen LogP contribution in [0.4, 0.5) is 5.69 Å². The Kier molecular flexibility index (Phi) is 7.12. The number of nitrogens with zero attached hydrogens (tertiary/aromatic N) is 1. The van der Waals surface area contributed by atoms with Crippen molar-refractivity contribution in [3.05, 3.63) is 64.2 Å². The Bertz CT molecular complexity index is 943. The molecule has 2 rings (SSSR count). The van der Waals surface area contributed by atoms with Gasteiger partial charge in [-0.05, 0) is 62.6 Å². The Morgan fingerprint density at radius 2 is 1.75 bits per heavy atom. The molecule has 0 radical (unpaired) electrons. The summed E-state index contributed by atoms with van der Waals surface area (Å²) in [5.74, 6) is -0.337. The van der Waals surface area contributed by atoms with Crippen LogP contribution >= 0.6 is 11.6 Å². The molecule has 0 saturated heterocycles. The molecule has 0 spiro atoms. The summed E-state index contributed by atoms with van der Waals surface area (Å²) in [7, 11) is -3.67. The molecule has 0 bridgehead atoms. The number of sulfonamides is 1. The fourth-order valence-corrected chi connectivity index (χ4v) is 4.60. The second-order valence-corrected chi connectivity index (χ2v) is 9.35. The summed E-state index contributed by atoms with van der Waals surface area (Å²) in [6.45, 7) is 7.68. The van der Waals surface area contributed by atoms with Crippen LogP contribution in [-0.4, -0.2) is 26.6 Å². The highest BCUT2D eigenvalue weighted by molar-refractivity contribution is 7.92. The van der Waals surface area contributed by atoms with Gasteiger partial charge in [0.15, 0.2) is 0 Å². The van der Waals surface area contributed by atoms with Gasteiger partial charge in [-0.1, -0.05) is 42.3 Å². The van der Waals surface area contributed by atoms with Crippen LogP contribution in [0.1, 0.15) is 43.0 Å². The maximum absolute atomic E-state index is 13.0. The second-order valence-electron chi connectivity index (χ2n) is 7.05. The maximum atomic E-state index is 13.0. The summed E-state index contributed by atoms with van der Waals surface area (Å²) in [6, 6.07) is 11.4. The molecular weight excluding hydrogens is 396 g/mol. The molecule has 0 heterocycles. The van der Waals surface area contributed by atoms with Crippen LogP contribution in [-0.2, 0) is 14.8 Å². The molecular formula is C21H27ClN2O3S. The molecule has 0 aliphatic heterocycles. The first-order valence-corrected chi connectivity index (χ1v) is 11.4. The van der Waals surface area contributed by atoms with E-state index < -0.39 is 16.1 Å². The van der Waals surface area contributed by atoms with E-state index in [1.54, 1.807) is 31.2 Å². The second kappa shape index (κ2) is 8.97. The van der Waals surface area contributed by atoms with Crippen LogP contribution in [0, 0.1) is 13.8 Å². The number of halogens is 1. The average molecular weight is 423 g/mol. The lowest BCUT2D eigenvalue weighted by Gasteiger charge is -2.31. The fraction of sp³-hybridized carbons (Fsp3) is 0.381. The Morgan fingerprint density at radius 3 is 2.29 bits per heavy atom. The summed E-state index contributed by atoms with van der Waals surface area (Å²) < 4.78 is 26.1. The van der Waals surface area contributed by atoms with Gasteiger partial charge in [-0.15, -0.1) is 0 Å². The zero-order valence-electron chi connectivity index (χ0n) is 16.9. The molecule has 7 heteroatoms. The molecule has 2 atom stereocenters. The van der Waals surface area contributed by atoms with E-state index in [1.165, 1.54) is 0 Å². The van der Waals surface area contributed by atoms with Gasteiger partial charge in [0.2, 0.25) is 15.9 Å². The number of hydrogen-bond acceptors (Lipinski definition) is 3. The summed E-state index contributed by atoms with van der Waals surface area (Å²) in [4.78, 5) is 13.0. The van der Waals surface area contributed by atoms with Crippen LogP contribution in [0.3, 0.4) is 0 Å². The highest BCUT2D eigenvalue weighted by Gasteiger charge is 2.32. The lowest BCUT2D eigenvalue weighted by Crippen LogP contribution is -2.49. The number of benzene rings is 2. The number of amides is 1. The number of rotatable bonds is 7. The van der Waals surface area contributed by atoms with Crippen LogP contribution in [0.15, 0.2) is 42.5 Å². The highest BCUT2D eigenvalue weighted by atomic mass is 35.5. The standard InChI is InChI=1S/C21H27ClN2O3S/c1-6-20(24(28(5,26)27)18-11-9-17(22)10-12-18)21(25)23-16(4)19-13-14(2)7-8-15(19)3/h7-13,16,20H,6H2,1-5H3,(H,23,25)/t16-,20+/m0/s1. The van der Waals surface area contributed by atoms with Crippen molar-refractivity contribution in [2.75, 3.05) is 10.6 Å². The van der Waals surface area contributed by atoms with Crippen LogP contribution in [0.5, 0.6) is 0 Å². The van der Waals surface area contributed by atoms with Crippen molar-refractivity contribution in [3.63, 3.8) is 0 Å². The zero-order valence-corrected chi connectivity index (χ0v) is 18.4. The van der Waals surface area contributed by atoms with Gasteiger partial charge in [0.05, 0.1) is 18.0 Å². The third kappa shape index (κ3) is 5.26. The van der Waals surface area contributed by atoms with E-state index in [0.717, 1.165) is 27.3 Å². The number of anilines is 1. The Hall–Kier alpha value is -2.05. The topological polar surface area (TPSA) is 66.5 Å². The van der Waals surface area contributed by atoms with Crippen molar-refractivity contribution in [1.29, 1.82) is 0 Å². The summed E-state index contributed by atoms with van der Waals surface area (Å²) in [5.41, 5.74) is 3.60. The monoisotopic (exact) mass is 422 g/mol. The molecule has 1 amide bonds. The van der Waals surface area contributed by atoms with Crippen LogP contribution in [0.2, 0.25) is 5.02 Å². The summed E-state index contributed by atoms with van der Waals surface area (Å²) in [6.07, 6.45) is 1.44. The number of nitrogens with one attached hydrogen (secondary N) is 1. The van der Waals surface area contributed by atoms with E-state index in [1.807, 2.05) is 39.0 Å². The van der Waals surface area contributed by atoms with Crippen LogP contribution < -0.4 is 9.62 Å². The van der Waals surface area contributed by atoms with E-state index in [-0.39, 0.29) is 11.9 Å². The Morgan fingerprint density at radius 1 is 1.14 bits per heavy atom. The number of carbonyl (C=O) groups is 1. The molecule has 0 unspecified atom stereocenters. The van der Waals surface area contributed by atoms with Gasteiger partial charge in [0.25, 0.3) is 0 Å². The van der Waals surface area contributed by atoms with Gasteiger partial charge in [0.1, 0.15) is 6.04 Å². The quantitative estimate of drug-likeness (QED) is 0.720. The first-order chi connectivity index (χ1) is 13.0. The lowest BCUT2D eigenvalue weighted by atomic mass is 9.99. The van der Waals surface area contributed by atoms with Crippen molar-refractivity contribution in [3.8, 4) is 0 Å². The van der Waals surface area contributed by atoms with Crippen molar-refractivity contribution in [2.24, 2.45) is 0 Å². The molecule has 2 aromatic carbocycles. The minimum absolute atomic E-state index is 0.243. The molecule has 0 saturated carbocycles. The lowest BCUT2D eigenvalue weighted by molar-refractivity contribution is -0.122. The van der Waals surface area contributed by atoms with Crippen molar-refractivity contribution < 1.29 is 13.2 Å². The molecule has 2 aromatic rings. The number of carbonyl (C=O) groups excluding carboxylic acids is 1. The third-order valence-corrected chi connectivity index (χ3v) is 6.10. The maximum Gasteiger partial charge on any atom is 0.244 e. The number of hydrogen-bond donors (Lipinski definition) is 1. The molecule has 0 aliphatic carbocycles. The predicted octanol–water partition coefficient (Wildman–Crippen LogP) is 4.38. The molecule has 0 aliphatic rings. The van der Waals surface area contributed by atoms with Gasteiger partial charge in [-0.3, -0.25) is 9.10 Å². The first kappa shape index (κ1) is 22.2. The van der Waals surface area contributed by atoms with Gasteiger partial charge in [-0.2, -0.15) is 0 Å². The van der Waals surface area contributed by atoms with E-state index in [4.69, 9.17) is 11.6 Å². The van der Waals surface area contributed by atoms with Gasteiger partial charge < -0.3 is 5.32 Å². The van der Waals surface area contributed by atoms with E-state index in [0.29, 0.717) is 17.1 Å².